The number of urea groups is 1. The zero-order valence-corrected chi connectivity index (χ0v) is 7.32. The van der Waals surface area contributed by atoms with Gasteiger partial charge in [0.1, 0.15) is 0 Å². The summed E-state index contributed by atoms with van der Waals surface area (Å²) in [6.45, 7) is 1.15. The van der Waals surface area contributed by atoms with Crippen molar-refractivity contribution in [1.29, 1.82) is 0 Å². The van der Waals surface area contributed by atoms with Gasteiger partial charge in [-0.15, -0.1) is 0 Å². The quantitative estimate of drug-likeness (QED) is 0.562. The van der Waals surface area contributed by atoms with E-state index in [0.29, 0.717) is 6.54 Å². The molecule has 0 aromatic rings. The Kier molecular flexibility index (Phi) is 1.86. The molecule has 2 aliphatic rings. The molecule has 2 aliphatic heterocycles. The smallest absolute Gasteiger partial charge is 0.317 e. The fourth-order valence-corrected chi connectivity index (χ4v) is 2.19. The van der Waals surface area contributed by atoms with Crippen LogP contribution in [-0.2, 0) is 4.79 Å². The van der Waals surface area contributed by atoms with Crippen LogP contribution >= 0.6 is 0 Å². The third-order valence-corrected chi connectivity index (χ3v) is 2.86. The fourth-order valence-electron chi connectivity index (χ4n) is 2.19. The summed E-state index contributed by atoms with van der Waals surface area (Å²) >= 11 is 0. The third kappa shape index (κ3) is 1.24. The second-order valence-corrected chi connectivity index (χ2v) is 3.60. The number of carbonyl (C=O) groups is 2. The molecule has 0 aliphatic carbocycles. The van der Waals surface area contributed by atoms with Gasteiger partial charge in [0.15, 0.2) is 0 Å². The van der Waals surface area contributed by atoms with Crippen molar-refractivity contribution in [1.82, 2.24) is 10.2 Å². The van der Waals surface area contributed by atoms with Crippen molar-refractivity contribution in [2.75, 3.05) is 13.1 Å². The van der Waals surface area contributed by atoms with Gasteiger partial charge >= 0.3 is 6.03 Å². The molecular weight excluding hydrogens is 170 g/mol. The molecule has 0 spiro atoms. The van der Waals surface area contributed by atoms with Crippen LogP contribution in [0.5, 0.6) is 0 Å². The van der Waals surface area contributed by atoms with E-state index < -0.39 is 0 Å². The number of amides is 3. The largest absolute Gasteiger partial charge is 0.369 e. The van der Waals surface area contributed by atoms with Crippen molar-refractivity contribution < 1.29 is 9.59 Å². The van der Waals surface area contributed by atoms with Gasteiger partial charge in [0, 0.05) is 19.1 Å². The maximum atomic E-state index is 11.3. The predicted molar refractivity (Wildman–Crippen MR) is 45.8 cm³/mol. The van der Waals surface area contributed by atoms with Crippen molar-refractivity contribution in [2.45, 2.75) is 18.9 Å². The van der Waals surface area contributed by atoms with Crippen LogP contribution in [0.4, 0.5) is 4.79 Å². The molecule has 3 amide bonds. The highest BCUT2D eigenvalue weighted by molar-refractivity contribution is 5.83. The number of fused-ring (bicyclic) bond motifs is 1. The number of carbonyl (C=O) groups excluding carboxylic acids is 2. The highest BCUT2D eigenvalue weighted by Crippen LogP contribution is 2.26. The number of nitrogens with zero attached hydrogens (tertiary/aromatic N) is 1. The Hall–Kier alpha value is -1.26. The summed E-state index contributed by atoms with van der Waals surface area (Å²) < 4.78 is 0. The van der Waals surface area contributed by atoms with E-state index in [1.54, 1.807) is 4.90 Å². The molecule has 0 aromatic heterocycles. The van der Waals surface area contributed by atoms with Gasteiger partial charge in [-0.2, -0.15) is 0 Å². The van der Waals surface area contributed by atoms with E-state index >= 15 is 0 Å². The van der Waals surface area contributed by atoms with Crippen molar-refractivity contribution in [3.05, 3.63) is 0 Å². The van der Waals surface area contributed by atoms with Crippen LogP contribution in [0.2, 0.25) is 0 Å². The minimum atomic E-state index is -0.308. The average Bonchev–Trinajstić information content (AvgIpc) is 2.53. The molecule has 2 fully saturated rings. The predicted octanol–water partition coefficient (Wildman–Crippen LogP) is -0.725. The van der Waals surface area contributed by atoms with Crippen molar-refractivity contribution in [3.63, 3.8) is 0 Å². The fraction of sp³-hybridized carbons (Fsp3) is 0.750. The summed E-state index contributed by atoms with van der Waals surface area (Å²) in [4.78, 5) is 24.1. The molecule has 2 heterocycles. The Balaban J connectivity index is 2.17. The molecule has 5 heteroatoms. The molecule has 3 N–H and O–H groups in total. The first-order valence-corrected chi connectivity index (χ1v) is 4.54. The van der Waals surface area contributed by atoms with E-state index in [2.05, 4.69) is 5.32 Å². The maximum absolute atomic E-state index is 11.3. The second-order valence-electron chi connectivity index (χ2n) is 3.60. The molecule has 2 atom stereocenters. The first kappa shape index (κ1) is 8.34. The average molecular weight is 183 g/mol. The van der Waals surface area contributed by atoms with Crippen LogP contribution in [0.25, 0.3) is 0 Å². The zero-order valence-electron chi connectivity index (χ0n) is 7.32. The molecule has 0 saturated carbocycles. The SMILES string of the molecule is NC(=O)C1CNC(=O)N2CCCC12. The number of hydrogen-bond donors (Lipinski definition) is 2. The van der Waals surface area contributed by atoms with E-state index in [0.717, 1.165) is 19.4 Å². The normalized spacial score (nSPS) is 32.6. The minimum Gasteiger partial charge on any atom is -0.369 e. The third-order valence-electron chi connectivity index (χ3n) is 2.86. The molecule has 2 unspecified atom stereocenters. The highest BCUT2D eigenvalue weighted by Gasteiger charge is 2.41. The number of nitrogens with two attached hydrogens (primary N) is 1. The van der Waals surface area contributed by atoms with Crippen LogP contribution in [-0.4, -0.2) is 36.0 Å². The summed E-state index contributed by atoms with van der Waals surface area (Å²) in [5.74, 6) is -0.517. The summed E-state index contributed by atoms with van der Waals surface area (Å²) in [6, 6.07) is -0.00810. The zero-order chi connectivity index (χ0) is 9.42. The Morgan fingerprint density at radius 2 is 2.38 bits per heavy atom. The Bertz CT molecular complexity index is 254. The van der Waals surface area contributed by atoms with E-state index in [-0.39, 0.29) is 23.9 Å². The maximum Gasteiger partial charge on any atom is 0.317 e. The van der Waals surface area contributed by atoms with Crippen LogP contribution in [0.15, 0.2) is 0 Å². The van der Waals surface area contributed by atoms with Crippen LogP contribution in [0.3, 0.4) is 0 Å². The van der Waals surface area contributed by atoms with E-state index in [1.807, 2.05) is 0 Å². The first-order valence-electron chi connectivity index (χ1n) is 4.54. The summed E-state index contributed by atoms with van der Waals surface area (Å²) in [6.07, 6.45) is 1.88. The van der Waals surface area contributed by atoms with Gasteiger partial charge in [-0.1, -0.05) is 0 Å². The van der Waals surface area contributed by atoms with Gasteiger partial charge in [0.2, 0.25) is 5.91 Å². The van der Waals surface area contributed by atoms with Crippen molar-refractivity contribution in [3.8, 4) is 0 Å². The van der Waals surface area contributed by atoms with Crippen LogP contribution in [0.1, 0.15) is 12.8 Å². The molecule has 5 nitrogen and oxygen atoms in total. The van der Waals surface area contributed by atoms with E-state index in [4.69, 9.17) is 5.73 Å². The van der Waals surface area contributed by atoms with Gasteiger partial charge in [-0.3, -0.25) is 4.79 Å². The molecule has 0 aromatic carbocycles. The summed E-state index contributed by atoms with van der Waals surface area (Å²) in [5, 5.41) is 2.67. The van der Waals surface area contributed by atoms with Gasteiger partial charge in [-0.25, -0.2) is 4.79 Å². The molecular formula is C8H13N3O2. The molecule has 2 rings (SSSR count). The van der Waals surface area contributed by atoms with Gasteiger partial charge in [0.25, 0.3) is 0 Å². The first-order chi connectivity index (χ1) is 6.20. The molecule has 72 valence electrons. The Morgan fingerprint density at radius 1 is 1.62 bits per heavy atom. The molecule has 13 heavy (non-hydrogen) atoms. The Labute approximate surface area is 76.3 Å². The molecule has 2 saturated heterocycles. The van der Waals surface area contributed by atoms with Crippen molar-refractivity contribution in [2.24, 2.45) is 11.7 Å². The summed E-state index contributed by atoms with van der Waals surface area (Å²) in [5.41, 5.74) is 5.25. The van der Waals surface area contributed by atoms with Crippen LogP contribution in [0, 0.1) is 5.92 Å². The van der Waals surface area contributed by atoms with Gasteiger partial charge in [0.05, 0.1) is 5.92 Å². The number of nitrogens with one attached hydrogen (secondary N) is 1. The van der Waals surface area contributed by atoms with Gasteiger partial charge in [-0.05, 0) is 12.8 Å². The molecule has 0 bridgehead atoms. The second kappa shape index (κ2) is 2.90. The lowest BCUT2D eigenvalue weighted by Gasteiger charge is -2.35. The lowest BCUT2D eigenvalue weighted by atomic mass is 9.95. The topological polar surface area (TPSA) is 75.4 Å². The van der Waals surface area contributed by atoms with Gasteiger partial charge < -0.3 is 16.0 Å². The Morgan fingerprint density at radius 3 is 3.08 bits per heavy atom. The minimum absolute atomic E-state index is 0.0475. The number of primary amides is 1. The lowest BCUT2D eigenvalue weighted by Crippen LogP contribution is -2.57. The van der Waals surface area contributed by atoms with Crippen molar-refractivity contribution >= 4 is 11.9 Å². The lowest BCUT2D eigenvalue weighted by molar-refractivity contribution is -0.123. The molecule has 0 radical (unpaired) electrons. The summed E-state index contributed by atoms with van der Waals surface area (Å²) in [7, 11) is 0. The highest BCUT2D eigenvalue weighted by atomic mass is 16.2. The number of rotatable bonds is 1. The number of hydrogen-bond acceptors (Lipinski definition) is 2. The standard InChI is InChI=1S/C8H13N3O2/c9-7(12)5-4-10-8(13)11-3-1-2-6(5)11/h5-6H,1-4H2,(H2,9,12)(H,10,13). The van der Waals surface area contributed by atoms with E-state index in [1.165, 1.54) is 0 Å². The van der Waals surface area contributed by atoms with Crippen LogP contribution < -0.4 is 11.1 Å². The van der Waals surface area contributed by atoms with E-state index in [9.17, 15) is 9.59 Å². The monoisotopic (exact) mass is 183 g/mol.